The fraction of sp³-hybridized carbons (Fsp3) is 0.889. The standard InChI is InChI=1S/C9H20N2O2S2/c1-3-14-11(15-4-2)8-9(12)13-7-5-6-10/h3-8,10H2,1-2H3. The van der Waals surface area contributed by atoms with E-state index >= 15 is 0 Å². The van der Waals surface area contributed by atoms with E-state index in [0.29, 0.717) is 19.7 Å². The van der Waals surface area contributed by atoms with Gasteiger partial charge in [0, 0.05) is 11.5 Å². The predicted octanol–water partition coefficient (Wildman–Crippen LogP) is 1.52. The van der Waals surface area contributed by atoms with Crippen LogP contribution in [0.4, 0.5) is 0 Å². The van der Waals surface area contributed by atoms with Gasteiger partial charge in [-0.1, -0.05) is 37.7 Å². The summed E-state index contributed by atoms with van der Waals surface area (Å²) >= 11 is 3.28. The van der Waals surface area contributed by atoms with Gasteiger partial charge >= 0.3 is 5.97 Å². The second-order valence-electron chi connectivity index (χ2n) is 2.69. The maximum atomic E-state index is 11.3. The minimum Gasteiger partial charge on any atom is -0.465 e. The lowest BCUT2D eigenvalue weighted by Crippen LogP contribution is -2.22. The highest BCUT2D eigenvalue weighted by molar-refractivity contribution is 8.12. The summed E-state index contributed by atoms with van der Waals surface area (Å²) in [6, 6.07) is 0. The molecule has 0 saturated carbocycles. The third kappa shape index (κ3) is 9.04. The van der Waals surface area contributed by atoms with E-state index < -0.39 is 0 Å². The van der Waals surface area contributed by atoms with Crippen molar-refractivity contribution in [2.24, 2.45) is 5.73 Å². The van der Waals surface area contributed by atoms with E-state index in [1.807, 2.05) is 3.71 Å². The summed E-state index contributed by atoms with van der Waals surface area (Å²) in [6.45, 7) is 5.45. The van der Waals surface area contributed by atoms with Gasteiger partial charge in [-0.05, 0) is 13.0 Å². The van der Waals surface area contributed by atoms with E-state index in [9.17, 15) is 4.79 Å². The average molecular weight is 252 g/mol. The molecular formula is C9H20N2O2S2. The Kier molecular flexibility index (Phi) is 10.7. The van der Waals surface area contributed by atoms with Crippen LogP contribution in [0.1, 0.15) is 20.3 Å². The van der Waals surface area contributed by atoms with E-state index in [0.717, 1.165) is 17.9 Å². The van der Waals surface area contributed by atoms with Crippen LogP contribution < -0.4 is 5.73 Å². The number of ether oxygens (including phenoxy) is 1. The Balaban J connectivity index is 3.67. The molecule has 0 aromatic rings. The van der Waals surface area contributed by atoms with E-state index in [1.54, 1.807) is 23.9 Å². The lowest BCUT2D eigenvalue weighted by Gasteiger charge is -2.17. The first kappa shape index (κ1) is 15.1. The molecule has 90 valence electrons. The van der Waals surface area contributed by atoms with Crippen molar-refractivity contribution in [1.29, 1.82) is 0 Å². The average Bonchev–Trinajstić information content (AvgIpc) is 2.19. The van der Waals surface area contributed by atoms with Crippen LogP contribution in [0, 0.1) is 0 Å². The van der Waals surface area contributed by atoms with E-state index in [-0.39, 0.29) is 5.97 Å². The first-order chi connectivity index (χ1) is 7.24. The maximum Gasteiger partial charge on any atom is 0.322 e. The lowest BCUT2D eigenvalue weighted by molar-refractivity contribution is -0.142. The minimum atomic E-state index is -0.176. The molecule has 15 heavy (non-hydrogen) atoms. The lowest BCUT2D eigenvalue weighted by atomic mass is 10.5. The molecule has 0 aromatic heterocycles. The molecule has 0 aliphatic rings. The smallest absolute Gasteiger partial charge is 0.322 e. The molecule has 0 rings (SSSR count). The fourth-order valence-corrected chi connectivity index (χ4v) is 2.74. The molecule has 0 saturated heterocycles. The van der Waals surface area contributed by atoms with Crippen molar-refractivity contribution in [2.75, 3.05) is 31.2 Å². The van der Waals surface area contributed by atoms with Gasteiger partial charge in [-0.2, -0.15) is 3.71 Å². The fourth-order valence-electron chi connectivity index (χ4n) is 0.837. The zero-order chi connectivity index (χ0) is 11.5. The zero-order valence-electron chi connectivity index (χ0n) is 9.40. The van der Waals surface area contributed by atoms with Crippen LogP contribution in [-0.2, 0) is 9.53 Å². The normalized spacial score (nSPS) is 10.7. The van der Waals surface area contributed by atoms with Gasteiger partial charge < -0.3 is 10.5 Å². The Bertz CT molecular complexity index is 164. The molecule has 0 bridgehead atoms. The summed E-state index contributed by atoms with van der Waals surface area (Å²) in [7, 11) is 0. The summed E-state index contributed by atoms with van der Waals surface area (Å²) in [5.41, 5.74) is 5.30. The predicted molar refractivity (Wildman–Crippen MR) is 67.6 cm³/mol. The summed E-state index contributed by atoms with van der Waals surface area (Å²) in [5, 5.41) is 0. The zero-order valence-corrected chi connectivity index (χ0v) is 11.0. The van der Waals surface area contributed by atoms with Crippen molar-refractivity contribution in [3.8, 4) is 0 Å². The summed E-state index contributed by atoms with van der Waals surface area (Å²) in [5.74, 6) is 1.75. The van der Waals surface area contributed by atoms with Crippen LogP contribution in [-0.4, -0.2) is 40.9 Å². The van der Waals surface area contributed by atoms with E-state index in [2.05, 4.69) is 13.8 Å². The summed E-state index contributed by atoms with van der Waals surface area (Å²) in [4.78, 5) is 11.3. The van der Waals surface area contributed by atoms with Crippen molar-refractivity contribution in [3.63, 3.8) is 0 Å². The molecule has 0 fully saturated rings. The molecule has 0 aliphatic heterocycles. The molecule has 0 spiro atoms. The molecule has 2 N–H and O–H groups in total. The van der Waals surface area contributed by atoms with Crippen molar-refractivity contribution >= 4 is 29.9 Å². The van der Waals surface area contributed by atoms with Gasteiger partial charge in [0.15, 0.2) is 0 Å². The first-order valence-electron chi connectivity index (χ1n) is 5.13. The number of carbonyl (C=O) groups is 1. The SMILES string of the molecule is CCSN(CC(=O)OCCCN)SCC. The largest absolute Gasteiger partial charge is 0.465 e. The highest BCUT2D eigenvalue weighted by Gasteiger charge is 2.11. The second-order valence-corrected chi connectivity index (χ2v) is 5.47. The monoisotopic (exact) mass is 252 g/mol. The highest BCUT2D eigenvalue weighted by Crippen LogP contribution is 2.20. The molecule has 0 radical (unpaired) electrons. The van der Waals surface area contributed by atoms with Crippen molar-refractivity contribution in [1.82, 2.24) is 3.71 Å². The minimum absolute atomic E-state index is 0.176. The molecule has 0 unspecified atom stereocenters. The molecule has 6 heteroatoms. The Hall–Kier alpha value is 0.0900. The molecule has 0 atom stereocenters. The van der Waals surface area contributed by atoms with Gasteiger partial charge in [0.25, 0.3) is 0 Å². The van der Waals surface area contributed by atoms with Gasteiger partial charge in [-0.25, -0.2) is 0 Å². The number of rotatable bonds is 9. The van der Waals surface area contributed by atoms with Crippen molar-refractivity contribution < 1.29 is 9.53 Å². The van der Waals surface area contributed by atoms with Gasteiger partial charge in [0.05, 0.1) is 6.61 Å². The van der Waals surface area contributed by atoms with Crippen molar-refractivity contribution in [3.05, 3.63) is 0 Å². The van der Waals surface area contributed by atoms with E-state index in [4.69, 9.17) is 10.5 Å². The van der Waals surface area contributed by atoms with Crippen molar-refractivity contribution in [2.45, 2.75) is 20.3 Å². The molecule has 0 amide bonds. The van der Waals surface area contributed by atoms with Crippen LogP contribution in [0.2, 0.25) is 0 Å². The van der Waals surface area contributed by atoms with Gasteiger partial charge in [0.1, 0.15) is 6.54 Å². The number of nitrogens with two attached hydrogens (primary N) is 1. The first-order valence-corrected chi connectivity index (χ1v) is 7.02. The van der Waals surface area contributed by atoms with Crippen LogP contribution in [0.3, 0.4) is 0 Å². The van der Waals surface area contributed by atoms with Crippen LogP contribution >= 0.6 is 23.9 Å². The maximum absolute atomic E-state index is 11.3. The molecule has 4 nitrogen and oxygen atoms in total. The van der Waals surface area contributed by atoms with Gasteiger partial charge in [-0.15, -0.1) is 0 Å². The van der Waals surface area contributed by atoms with E-state index in [1.165, 1.54) is 0 Å². The van der Waals surface area contributed by atoms with Gasteiger partial charge in [-0.3, -0.25) is 4.79 Å². The third-order valence-corrected chi connectivity index (χ3v) is 3.40. The number of hydrogen-bond acceptors (Lipinski definition) is 6. The Morgan fingerprint density at radius 2 is 1.93 bits per heavy atom. The number of nitrogens with zero attached hydrogens (tertiary/aromatic N) is 1. The van der Waals surface area contributed by atoms with Gasteiger partial charge in [0.2, 0.25) is 0 Å². The summed E-state index contributed by atoms with van der Waals surface area (Å²) in [6.07, 6.45) is 0.730. The Morgan fingerprint density at radius 3 is 2.40 bits per heavy atom. The number of carbonyl (C=O) groups excluding carboxylic acids is 1. The van der Waals surface area contributed by atoms with Crippen LogP contribution in [0.5, 0.6) is 0 Å². The van der Waals surface area contributed by atoms with Crippen LogP contribution in [0.15, 0.2) is 0 Å². The van der Waals surface area contributed by atoms with Crippen LogP contribution in [0.25, 0.3) is 0 Å². The highest BCUT2D eigenvalue weighted by atomic mass is 32.2. The molecule has 0 aliphatic carbocycles. The number of hydrogen-bond donors (Lipinski definition) is 1. The third-order valence-electron chi connectivity index (χ3n) is 1.42. The molecule has 0 aromatic carbocycles. The number of esters is 1. The molecular weight excluding hydrogens is 232 g/mol. The summed E-state index contributed by atoms with van der Waals surface area (Å²) < 4.78 is 6.98. The second kappa shape index (κ2) is 10.6. The Labute approximate surface area is 101 Å². The Morgan fingerprint density at radius 1 is 1.33 bits per heavy atom. The molecule has 0 heterocycles. The quantitative estimate of drug-likeness (QED) is 0.381. The topological polar surface area (TPSA) is 55.6 Å².